The van der Waals surface area contributed by atoms with E-state index in [0.29, 0.717) is 11.1 Å². The summed E-state index contributed by atoms with van der Waals surface area (Å²) in [5, 5.41) is 2.54. The van der Waals surface area contributed by atoms with Crippen LogP contribution >= 0.6 is 0 Å². The molecule has 124 valence electrons. The van der Waals surface area contributed by atoms with E-state index in [9.17, 15) is 13.2 Å². The van der Waals surface area contributed by atoms with Crippen LogP contribution in [0.1, 0.15) is 21.5 Å². The summed E-state index contributed by atoms with van der Waals surface area (Å²) >= 11 is 0. The van der Waals surface area contributed by atoms with Crippen molar-refractivity contribution in [3.05, 3.63) is 65.2 Å². The lowest BCUT2D eigenvalue weighted by Crippen LogP contribution is -2.24. The van der Waals surface area contributed by atoms with Gasteiger partial charge in [-0.3, -0.25) is 4.79 Å². The van der Waals surface area contributed by atoms with Gasteiger partial charge in [0.1, 0.15) is 0 Å². The van der Waals surface area contributed by atoms with Crippen LogP contribution in [0.3, 0.4) is 0 Å². The third-order valence-electron chi connectivity index (χ3n) is 3.30. The van der Waals surface area contributed by atoms with Crippen molar-refractivity contribution in [1.82, 2.24) is 10.0 Å². The van der Waals surface area contributed by atoms with Crippen molar-refractivity contribution < 1.29 is 13.2 Å². The second-order valence-electron chi connectivity index (χ2n) is 5.06. The fourth-order valence-electron chi connectivity index (χ4n) is 2.00. The number of sulfonamides is 1. The lowest BCUT2D eigenvalue weighted by Gasteiger charge is -2.04. The van der Waals surface area contributed by atoms with Crippen molar-refractivity contribution in [3.63, 3.8) is 0 Å². The number of nitrogens with one attached hydrogen (secondary N) is 2. The van der Waals surface area contributed by atoms with E-state index in [1.807, 2.05) is 6.92 Å². The average Bonchev–Trinajstić information content (AvgIpc) is 2.59. The summed E-state index contributed by atoms with van der Waals surface area (Å²) in [6.07, 6.45) is 0. The Morgan fingerprint density at radius 3 is 2.42 bits per heavy atom. The van der Waals surface area contributed by atoms with E-state index < -0.39 is 10.0 Å². The van der Waals surface area contributed by atoms with Gasteiger partial charge < -0.3 is 5.32 Å². The fraction of sp³-hybridized carbons (Fsp3) is 0.167. The SMILES string of the molecule is CNC(=O)c1ccccc1C#CCNS(=O)(=O)c1ccc(C)cc1. The maximum atomic E-state index is 12.1. The Labute approximate surface area is 142 Å². The number of rotatable bonds is 4. The zero-order valence-corrected chi connectivity index (χ0v) is 14.3. The molecule has 2 aromatic rings. The van der Waals surface area contributed by atoms with Gasteiger partial charge in [-0.1, -0.05) is 41.7 Å². The molecular weight excluding hydrogens is 324 g/mol. The fourth-order valence-corrected chi connectivity index (χ4v) is 2.92. The second kappa shape index (κ2) is 7.77. The van der Waals surface area contributed by atoms with Gasteiger partial charge in [-0.05, 0) is 31.2 Å². The molecule has 0 aromatic heterocycles. The number of carbonyl (C=O) groups excluding carboxylic acids is 1. The van der Waals surface area contributed by atoms with Crippen LogP contribution < -0.4 is 10.0 Å². The topological polar surface area (TPSA) is 75.3 Å². The van der Waals surface area contributed by atoms with Gasteiger partial charge in [-0.25, -0.2) is 8.42 Å². The molecule has 2 rings (SSSR count). The Hall–Kier alpha value is -2.62. The highest BCUT2D eigenvalue weighted by molar-refractivity contribution is 7.89. The summed E-state index contributed by atoms with van der Waals surface area (Å²) < 4.78 is 26.7. The number of benzene rings is 2. The van der Waals surface area contributed by atoms with E-state index in [0.717, 1.165) is 5.56 Å². The van der Waals surface area contributed by atoms with Gasteiger partial charge in [-0.2, -0.15) is 4.72 Å². The first-order chi connectivity index (χ1) is 11.4. The van der Waals surface area contributed by atoms with Gasteiger partial charge in [-0.15, -0.1) is 0 Å². The summed E-state index contributed by atoms with van der Waals surface area (Å²) in [6, 6.07) is 13.5. The predicted octanol–water partition coefficient (Wildman–Crippen LogP) is 1.68. The highest BCUT2D eigenvalue weighted by Crippen LogP contribution is 2.09. The highest BCUT2D eigenvalue weighted by Gasteiger charge is 2.12. The molecule has 0 atom stereocenters. The van der Waals surface area contributed by atoms with Gasteiger partial charge in [0.05, 0.1) is 17.0 Å². The normalized spacial score (nSPS) is 10.6. The molecular formula is C18H18N2O3S. The first-order valence-electron chi connectivity index (χ1n) is 7.30. The van der Waals surface area contributed by atoms with Crippen molar-refractivity contribution in [2.45, 2.75) is 11.8 Å². The van der Waals surface area contributed by atoms with Crippen LogP contribution in [0.4, 0.5) is 0 Å². The summed E-state index contributed by atoms with van der Waals surface area (Å²) in [7, 11) is -2.05. The van der Waals surface area contributed by atoms with Crippen molar-refractivity contribution in [1.29, 1.82) is 0 Å². The molecule has 0 aliphatic heterocycles. The molecule has 0 fully saturated rings. The Morgan fingerprint density at radius 2 is 1.75 bits per heavy atom. The summed E-state index contributed by atoms with van der Waals surface area (Å²) in [5.41, 5.74) is 1.99. The van der Waals surface area contributed by atoms with Gasteiger partial charge in [0.2, 0.25) is 10.0 Å². The van der Waals surface area contributed by atoms with Gasteiger partial charge >= 0.3 is 0 Å². The first kappa shape index (κ1) is 17.7. The van der Waals surface area contributed by atoms with Crippen LogP contribution in [0.2, 0.25) is 0 Å². The number of aryl methyl sites for hydroxylation is 1. The van der Waals surface area contributed by atoms with Crippen molar-refractivity contribution in [3.8, 4) is 11.8 Å². The predicted molar refractivity (Wildman–Crippen MR) is 93.1 cm³/mol. The Kier molecular flexibility index (Phi) is 5.74. The molecule has 0 unspecified atom stereocenters. The monoisotopic (exact) mass is 342 g/mol. The number of carbonyl (C=O) groups is 1. The minimum atomic E-state index is -3.59. The second-order valence-corrected chi connectivity index (χ2v) is 6.83. The maximum absolute atomic E-state index is 12.1. The van der Waals surface area contributed by atoms with Crippen LogP contribution in [0.25, 0.3) is 0 Å². The molecule has 0 spiro atoms. The van der Waals surface area contributed by atoms with Crippen LogP contribution in [0, 0.1) is 18.8 Å². The third kappa shape index (κ3) is 4.44. The molecule has 0 aliphatic carbocycles. The molecule has 24 heavy (non-hydrogen) atoms. The van der Waals surface area contributed by atoms with E-state index in [1.54, 1.807) is 55.6 Å². The molecule has 2 N–H and O–H groups in total. The molecule has 5 nitrogen and oxygen atoms in total. The standard InChI is InChI=1S/C18H18N2O3S/c1-14-9-11-16(12-10-14)24(22,23)20-13-5-7-15-6-3-4-8-17(15)18(21)19-2/h3-4,6,8-12,20H,13H2,1-2H3,(H,19,21). The zero-order valence-electron chi connectivity index (χ0n) is 13.5. The molecule has 0 saturated heterocycles. The number of amides is 1. The lowest BCUT2D eigenvalue weighted by molar-refractivity contribution is 0.0963. The molecule has 0 saturated carbocycles. The minimum absolute atomic E-state index is 0.0434. The number of hydrogen-bond donors (Lipinski definition) is 2. The van der Waals surface area contributed by atoms with Crippen LogP contribution in [0.5, 0.6) is 0 Å². The Morgan fingerprint density at radius 1 is 1.08 bits per heavy atom. The molecule has 0 radical (unpaired) electrons. The van der Waals surface area contributed by atoms with E-state index in [4.69, 9.17) is 0 Å². The summed E-state index contributed by atoms with van der Waals surface area (Å²) in [4.78, 5) is 11.9. The van der Waals surface area contributed by atoms with Crippen LogP contribution in [-0.2, 0) is 10.0 Å². The van der Waals surface area contributed by atoms with E-state index >= 15 is 0 Å². The summed E-state index contributed by atoms with van der Waals surface area (Å²) in [5.74, 6) is 5.33. The van der Waals surface area contributed by atoms with Crippen molar-refractivity contribution in [2.75, 3.05) is 13.6 Å². The van der Waals surface area contributed by atoms with Gasteiger partial charge in [0.15, 0.2) is 0 Å². The Balaban J connectivity index is 2.09. The molecule has 0 aliphatic rings. The van der Waals surface area contributed by atoms with Crippen LogP contribution in [-0.4, -0.2) is 27.9 Å². The maximum Gasteiger partial charge on any atom is 0.252 e. The van der Waals surface area contributed by atoms with Crippen LogP contribution in [0.15, 0.2) is 53.4 Å². The summed E-state index contributed by atoms with van der Waals surface area (Å²) in [6.45, 7) is 1.84. The number of hydrogen-bond acceptors (Lipinski definition) is 3. The Bertz CT molecular complexity index is 892. The van der Waals surface area contributed by atoms with Crippen molar-refractivity contribution in [2.24, 2.45) is 0 Å². The lowest BCUT2D eigenvalue weighted by atomic mass is 10.1. The molecule has 0 bridgehead atoms. The first-order valence-corrected chi connectivity index (χ1v) is 8.78. The van der Waals surface area contributed by atoms with Gasteiger partial charge in [0.25, 0.3) is 5.91 Å². The smallest absolute Gasteiger partial charge is 0.252 e. The highest BCUT2D eigenvalue weighted by atomic mass is 32.2. The largest absolute Gasteiger partial charge is 0.355 e. The van der Waals surface area contributed by atoms with Crippen molar-refractivity contribution >= 4 is 15.9 Å². The zero-order chi connectivity index (χ0) is 17.6. The quantitative estimate of drug-likeness (QED) is 0.830. The van der Waals surface area contributed by atoms with E-state index in [-0.39, 0.29) is 17.3 Å². The van der Waals surface area contributed by atoms with E-state index in [1.165, 1.54) is 0 Å². The van der Waals surface area contributed by atoms with Gasteiger partial charge in [0, 0.05) is 12.6 Å². The average molecular weight is 342 g/mol. The molecule has 0 heterocycles. The molecule has 2 aromatic carbocycles. The molecule has 6 heteroatoms. The van der Waals surface area contributed by atoms with E-state index in [2.05, 4.69) is 21.9 Å². The minimum Gasteiger partial charge on any atom is -0.355 e. The molecule has 1 amide bonds. The third-order valence-corrected chi connectivity index (χ3v) is 4.72.